The zero-order chi connectivity index (χ0) is 19.5. The Bertz CT molecular complexity index is 922. The van der Waals surface area contributed by atoms with Crippen LogP contribution in [0.3, 0.4) is 0 Å². The van der Waals surface area contributed by atoms with E-state index in [0.717, 1.165) is 29.6 Å². The lowest BCUT2D eigenvalue weighted by molar-refractivity contribution is 0.277. The average molecular weight is 392 g/mol. The van der Waals surface area contributed by atoms with Crippen molar-refractivity contribution in [1.29, 1.82) is 0 Å². The van der Waals surface area contributed by atoms with Crippen LogP contribution in [-0.4, -0.2) is 31.1 Å². The van der Waals surface area contributed by atoms with E-state index in [1.165, 1.54) is 5.69 Å². The molecule has 0 saturated carbocycles. The van der Waals surface area contributed by atoms with E-state index in [1.807, 2.05) is 36.7 Å². The Hall–Kier alpha value is -2.73. The molecule has 0 amide bonds. The summed E-state index contributed by atoms with van der Waals surface area (Å²) in [6, 6.07) is 16.5. The third kappa shape index (κ3) is 3.78. The van der Waals surface area contributed by atoms with E-state index in [9.17, 15) is 0 Å². The molecule has 6 heteroatoms. The first-order chi connectivity index (χ1) is 13.6. The molecule has 5 nitrogen and oxygen atoms in total. The van der Waals surface area contributed by atoms with Crippen LogP contribution in [0.15, 0.2) is 67.1 Å². The van der Waals surface area contributed by atoms with E-state index in [-0.39, 0.29) is 12.1 Å². The number of nitrogens with zero attached hydrogens (tertiary/aromatic N) is 4. The summed E-state index contributed by atoms with van der Waals surface area (Å²) >= 11 is 5.73. The molecule has 3 aromatic heterocycles. The highest BCUT2D eigenvalue weighted by atomic mass is 32.1. The molecule has 4 rings (SSSR count). The molecular weight excluding hydrogens is 366 g/mol. The van der Waals surface area contributed by atoms with Crippen LogP contribution in [0.4, 0.5) is 0 Å². The molecule has 0 spiro atoms. The van der Waals surface area contributed by atoms with E-state index >= 15 is 0 Å². The number of thiocarbonyl (C=S) groups is 1. The summed E-state index contributed by atoms with van der Waals surface area (Å²) in [5.41, 5.74) is 3.26. The van der Waals surface area contributed by atoms with Gasteiger partial charge in [0.2, 0.25) is 0 Å². The van der Waals surface area contributed by atoms with E-state index in [4.69, 9.17) is 12.2 Å². The molecule has 28 heavy (non-hydrogen) atoms. The standard InChI is InChI=1S/C22H25N5S/c1-16(2)14-27-21(20(25-22(27)28)18-9-4-6-12-24-18)19-10-7-13-26(19)15-17-8-3-5-11-23-17/h3-13,16,20-21H,14-15H2,1-2H3,(H,25,28). The molecule has 0 aliphatic carbocycles. The highest BCUT2D eigenvalue weighted by molar-refractivity contribution is 7.80. The van der Waals surface area contributed by atoms with Crippen molar-refractivity contribution in [2.24, 2.45) is 5.92 Å². The zero-order valence-corrected chi connectivity index (χ0v) is 17.0. The average Bonchev–Trinajstić information content (AvgIpc) is 3.27. The lowest BCUT2D eigenvalue weighted by Crippen LogP contribution is -2.33. The third-order valence-electron chi connectivity index (χ3n) is 4.99. The Kier molecular flexibility index (Phi) is 5.39. The van der Waals surface area contributed by atoms with Crippen LogP contribution in [0.2, 0.25) is 0 Å². The van der Waals surface area contributed by atoms with Crippen molar-refractivity contribution in [3.05, 3.63) is 84.2 Å². The Morgan fingerprint density at radius 3 is 2.50 bits per heavy atom. The molecule has 1 aliphatic heterocycles. The fourth-order valence-corrected chi connectivity index (χ4v) is 4.14. The van der Waals surface area contributed by atoms with Crippen LogP contribution < -0.4 is 5.32 Å². The van der Waals surface area contributed by atoms with Crippen molar-refractivity contribution in [2.45, 2.75) is 32.5 Å². The molecule has 1 saturated heterocycles. The van der Waals surface area contributed by atoms with Crippen LogP contribution in [0.25, 0.3) is 0 Å². The van der Waals surface area contributed by atoms with Gasteiger partial charge in [-0.2, -0.15) is 0 Å². The van der Waals surface area contributed by atoms with Crippen molar-refractivity contribution in [2.75, 3.05) is 6.54 Å². The lowest BCUT2D eigenvalue weighted by Gasteiger charge is -2.30. The molecule has 144 valence electrons. The molecule has 0 aromatic carbocycles. The predicted octanol–water partition coefficient (Wildman–Crippen LogP) is 3.95. The van der Waals surface area contributed by atoms with Gasteiger partial charge in [-0.25, -0.2) is 0 Å². The Labute approximate surface area is 171 Å². The Balaban J connectivity index is 1.73. The molecule has 0 bridgehead atoms. The normalized spacial score (nSPS) is 19.2. The van der Waals surface area contributed by atoms with Crippen LogP contribution in [0, 0.1) is 5.92 Å². The van der Waals surface area contributed by atoms with Gasteiger partial charge in [0.05, 0.1) is 30.0 Å². The van der Waals surface area contributed by atoms with Crippen molar-refractivity contribution in [3.8, 4) is 0 Å². The van der Waals surface area contributed by atoms with E-state index < -0.39 is 0 Å². The van der Waals surface area contributed by atoms with Gasteiger partial charge in [-0.15, -0.1) is 0 Å². The summed E-state index contributed by atoms with van der Waals surface area (Å²) in [4.78, 5) is 11.4. The number of rotatable bonds is 6. The molecule has 4 heterocycles. The van der Waals surface area contributed by atoms with E-state index in [1.54, 1.807) is 0 Å². The highest BCUT2D eigenvalue weighted by Gasteiger charge is 2.41. The van der Waals surface area contributed by atoms with Gasteiger partial charge in [-0.05, 0) is 54.5 Å². The lowest BCUT2D eigenvalue weighted by atomic mass is 10.0. The van der Waals surface area contributed by atoms with Crippen molar-refractivity contribution >= 4 is 17.3 Å². The Morgan fingerprint density at radius 2 is 1.82 bits per heavy atom. The monoisotopic (exact) mass is 391 g/mol. The number of hydrogen-bond donors (Lipinski definition) is 1. The maximum absolute atomic E-state index is 5.73. The minimum atomic E-state index is 0.0184. The minimum Gasteiger partial charge on any atom is -0.352 e. The Morgan fingerprint density at radius 1 is 1.04 bits per heavy atom. The number of hydrogen-bond acceptors (Lipinski definition) is 3. The smallest absolute Gasteiger partial charge is 0.170 e. The molecule has 1 N–H and O–H groups in total. The molecule has 2 unspecified atom stereocenters. The second kappa shape index (κ2) is 8.10. The van der Waals surface area contributed by atoms with Gasteiger partial charge in [-0.1, -0.05) is 26.0 Å². The summed E-state index contributed by atoms with van der Waals surface area (Å²) in [6.07, 6.45) is 5.80. The number of nitrogens with one attached hydrogen (secondary N) is 1. The first-order valence-electron chi connectivity index (χ1n) is 9.66. The zero-order valence-electron chi connectivity index (χ0n) is 16.2. The van der Waals surface area contributed by atoms with Gasteiger partial charge in [0, 0.05) is 30.8 Å². The summed E-state index contributed by atoms with van der Waals surface area (Å²) in [7, 11) is 0. The number of aromatic nitrogens is 3. The minimum absolute atomic E-state index is 0.0184. The third-order valence-corrected chi connectivity index (χ3v) is 5.34. The van der Waals surface area contributed by atoms with Gasteiger partial charge in [-0.3, -0.25) is 9.97 Å². The van der Waals surface area contributed by atoms with Gasteiger partial charge < -0.3 is 14.8 Å². The van der Waals surface area contributed by atoms with Crippen LogP contribution in [0.5, 0.6) is 0 Å². The van der Waals surface area contributed by atoms with Crippen LogP contribution in [-0.2, 0) is 6.54 Å². The molecule has 0 radical (unpaired) electrons. The van der Waals surface area contributed by atoms with Crippen LogP contribution in [0.1, 0.15) is 43.0 Å². The highest BCUT2D eigenvalue weighted by Crippen LogP contribution is 2.39. The van der Waals surface area contributed by atoms with Gasteiger partial charge in [0.25, 0.3) is 0 Å². The SMILES string of the molecule is CC(C)CN1C(=S)NC(c2ccccn2)C1c1cccn1Cc1ccccn1. The van der Waals surface area contributed by atoms with E-state index in [2.05, 4.69) is 69.1 Å². The van der Waals surface area contributed by atoms with Gasteiger partial charge in [0.15, 0.2) is 5.11 Å². The second-order valence-corrected chi connectivity index (χ2v) is 7.94. The molecule has 1 aliphatic rings. The molecular formula is C22H25N5S. The molecule has 1 fully saturated rings. The first-order valence-corrected chi connectivity index (χ1v) is 10.1. The van der Waals surface area contributed by atoms with E-state index in [0.29, 0.717) is 5.92 Å². The second-order valence-electron chi connectivity index (χ2n) is 7.55. The summed E-state index contributed by atoms with van der Waals surface area (Å²) in [5.74, 6) is 0.504. The predicted molar refractivity (Wildman–Crippen MR) is 115 cm³/mol. The first kappa shape index (κ1) is 18.6. The number of pyridine rings is 2. The largest absolute Gasteiger partial charge is 0.352 e. The maximum atomic E-state index is 5.73. The fourth-order valence-electron chi connectivity index (χ4n) is 3.82. The topological polar surface area (TPSA) is 46.0 Å². The van der Waals surface area contributed by atoms with Crippen molar-refractivity contribution in [3.63, 3.8) is 0 Å². The van der Waals surface area contributed by atoms with Gasteiger partial charge in [0.1, 0.15) is 0 Å². The van der Waals surface area contributed by atoms with Crippen molar-refractivity contribution < 1.29 is 0 Å². The summed E-state index contributed by atoms with van der Waals surface area (Å²) < 4.78 is 2.27. The maximum Gasteiger partial charge on any atom is 0.170 e. The summed E-state index contributed by atoms with van der Waals surface area (Å²) in [6.45, 7) is 6.08. The summed E-state index contributed by atoms with van der Waals surface area (Å²) in [5, 5.41) is 4.31. The van der Waals surface area contributed by atoms with Crippen LogP contribution >= 0.6 is 12.2 Å². The molecule has 3 aromatic rings. The fraction of sp³-hybridized carbons (Fsp3) is 0.318. The van der Waals surface area contributed by atoms with Gasteiger partial charge >= 0.3 is 0 Å². The molecule has 2 atom stereocenters. The quantitative estimate of drug-likeness (QED) is 0.645. The van der Waals surface area contributed by atoms with Crippen molar-refractivity contribution in [1.82, 2.24) is 24.8 Å².